The highest BCUT2D eigenvalue weighted by Gasteiger charge is 2.51. The molecule has 0 aliphatic heterocycles. The second-order valence-corrected chi connectivity index (χ2v) is 6.05. The minimum Gasteiger partial charge on any atom is -0.382 e. The molecule has 1 heterocycles. The van der Waals surface area contributed by atoms with E-state index in [1.54, 1.807) is 24.1 Å². The summed E-state index contributed by atoms with van der Waals surface area (Å²) in [6.45, 7) is 2.31. The summed E-state index contributed by atoms with van der Waals surface area (Å²) in [4.78, 5) is 12.0. The number of carbonyl (C=O) groups excluding carboxylic acids is 1. The zero-order valence-corrected chi connectivity index (χ0v) is 12.0. The van der Waals surface area contributed by atoms with Crippen LogP contribution in [0.4, 0.5) is 13.2 Å². The van der Waals surface area contributed by atoms with Crippen molar-refractivity contribution in [2.75, 3.05) is 0 Å². The van der Waals surface area contributed by atoms with Gasteiger partial charge in [0.25, 0.3) is 0 Å². The molecule has 5 nitrogen and oxygen atoms in total. The number of rotatable bonds is 4. The first-order chi connectivity index (χ1) is 9.52. The van der Waals surface area contributed by atoms with Crippen molar-refractivity contribution in [3.8, 4) is 0 Å². The second-order valence-electron chi connectivity index (χ2n) is 6.05. The third-order valence-electron chi connectivity index (χ3n) is 3.72. The highest BCUT2D eigenvalue weighted by Crippen LogP contribution is 2.47. The van der Waals surface area contributed by atoms with E-state index in [1.165, 1.54) is 0 Å². The average molecular weight is 305 g/mol. The van der Waals surface area contributed by atoms with Gasteiger partial charge >= 0.3 is 6.18 Å². The van der Waals surface area contributed by atoms with Crippen molar-refractivity contribution in [1.82, 2.24) is 15.1 Å². The molecule has 2 rings (SSSR count). The molecule has 1 aliphatic carbocycles. The number of aromatic nitrogens is 2. The summed E-state index contributed by atoms with van der Waals surface area (Å²) >= 11 is 0. The lowest BCUT2D eigenvalue weighted by Crippen LogP contribution is -2.58. The van der Waals surface area contributed by atoms with Gasteiger partial charge in [0.2, 0.25) is 5.91 Å². The summed E-state index contributed by atoms with van der Waals surface area (Å²) in [7, 11) is 1.75. The topological polar surface area (TPSA) is 67.2 Å². The molecule has 2 N–H and O–H groups in total. The number of nitrogens with zero attached hydrogens (tertiary/aromatic N) is 2. The maximum atomic E-state index is 12.5. The molecular formula is C13H18F3N3O2. The van der Waals surface area contributed by atoms with Crippen molar-refractivity contribution in [2.45, 2.75) is 44.0 Å². The predicted octanol–water partition coefficient (Wildman–Crippen LogP) is 1.34. The van der Waals surface area contributed by atoms with Crippen molar-refractivity contribution < 1.29 is 23.1 Å². The number of aliphatic hydroxyl groups excluding tert-OH is 1. The van der Waals surface area contributed by atoms with E-state index >= 15 is 0 Å². The van der Waals surface area contributed by atoms with Crippen LogP contribution in [-0.4, -0.2) is 38.6 Å². The Balaban J connectivity index is 1.97. The second kappa shape index (κ2) is 5.01. The predicted molar refractivity (Wildman–Crippen MR) is 68.3 cm³/mol. The summed E-state index contributed by atoms with van der Waals surface area (Å²) in [5, 5.41) is 15.6. The normalized spacial score (nSPS) is 23.8. The van der Waals surface area contributed by atoms with Crippen molar-refractivity contribution in [2.24, 2.45) is 13.0 Å². The Labute approximate surface area is 120 Å². The Bertz CT molecular complexity index is 539. The smallest absolute Gasteiger partial charge is 0.382 e. The Kier molecular flexibility index (Phi) is 3.77. The first-order valence-corrected chi connectivity index (χ1v) is 6.57. The van der Waals surface area contributed by atoms with Gasteiger partial charge in [0, 0.05) is 19.2 Å². The van der Waals surface area contributed by atoms with Crippen LogP contribution in [0.15, 0.2) is 12.4 Å². The number of aryl methyl sites for hydroxylation is 1. The summed E-state index contributed by atoms with van der Waals surface area (Å²) in [5.74, 6) is -0.858. The molecule has 1 aromatic rings. The van der Waals surface area contributed by atoms with Crippen molar-refractivity contribution in [1.29, 1.82) is 0 Å². The highest BCUT2D eigenvalue weighted by molar-refractivity contribution is 5.83. The van der Waals surface area contributed by atoms with Gasteiger partial charge in [0.15, 0.2) is 6.10 Å². The van der Waals surface area contributed by atoms with Crippen LogP contribution in [0.1, 0.15) is 31.7 Å². The van der Waals surface area contributed by atoms with Crippen molar-refractivity contribution >= 4 is 5.91 Å². The van der Waals surface area contributed by atoms with Crippen LogP contribution in [0.3, 0.4) is 0 Å². The number of amides is 1. The molecule has 0 saturated heterocycles. The number of hydrogen-bond acceptors (Lipinski definition) is 3. The van der Waals surface area contributed by atoms with Crippen LogP contribution >= 0.6 is 0 Å². The summed E-state index contributed by atoms with van der Waals surface area (Å²) < 4.78 is 39.2. The van der Waals surface area contributed by atoms with Gasteiger partial charge in [-0.1, -0.05) is 0 Å². The lowest BCUT2D eigenvalue weighted by Gasteiger charge is -2.32. The van der Waals surface area contributed by atoms with E-state index in [-0.39, 0.29) is 11.8 Å². The maximum absolute atomic E-state index is 12.5. The maximum Gasteiger partial charge on any atom is 0.416 e. The van der Waals surface area contributed by atoms with Gasteiger partial charge in [0.05, 0.1) is 11.7 Å². The number of halogens is 3. The van der Waals surface area contributed by atoms with Gasteiger partial charge in [-0.25, -0.2) is 0 Å². The Morgan fingerprint density at radius 1 is 1.52 bits per heavy atom. The molecule has 0 radical (unpaired) electrons. The van der Waals surface area contributed by atoms with E-state index in [4.69, 9.17) is 0 Å². The van der Waals surface area contributed by atoms with Gasteiger partial charge in [-0.15, -0.1) is 0 Å². The lowest BCUT2D eigenvalue weighted by atomic mass is 9.96. The molecule has 1 unspecified atom stereocenters. The van der Waals surface area contributed by atoms with E-state index in [9.17, 15) is 23.1 Å². The van der Waals surface area contributed by atoms with Gasteiger partial charge in [0.1, 0.15) is 0 Å². The molecule has 0 bridgehead atoms. The van der Waals surface area contributed by atoms with Crippen LogP contribution < -0.4 is 5.32 Å². The third-order valence-corrected chi connectivity index (χ3v) is 3.72. The molecule has 1 saturated carbocycles. The number of alkyl halides is 3. The molecule has 21 heavy (non-hydrogen) atoms. The fourth-order valence-corrected chi connectivity index (χ4v) is 2.37. The van der Waals surface area contributed by atoms with Crippen LogP contribution in [-0.2, 0) is 11.8 Å². The number of nitrogens with one attached hydrogen (secondary N) is 1. The van der Waals surface area contributed by atoms with Crippen molar-refractivity contribution in [3.05, 3.63) is 18.0 Å². The molecule has 8 heteroatoms. The first kappa shape index (κ1) is 15.8. The van der Waals surface area contributed by atoms with E-state index in [0.29, 0.717) is 6.42 Å². The van der Waals surface area contributed by atoms with Crippen LogP contribution in [0, 0.1) is 5.92 Å². The molecule has 0 spiro atoms. The molecule has 1 aromatic heterocycles. The Hall–Kier alpha value is -1.57. The van der Waals surface area contributed by atoms with Gasteiger partial charge in [-0.05, 0) is 31.7 Å². The molecule has 3 atom stereocenters. The standard InChI is InChI=1S/C13H18F3N3O2/c1-12(2,11(21)13(14,15)16)18-10(20)9-4-8(9)7-5-17-19(3)6-7/h5-6,8-9,11,21H,4H2,1-3H3,(H,18,20)/t8-,9+,11?/m0/s1. The van der Waals surface area contributed by atoms with Gasteiger partial charge in [-0.3, -0.25) is 9.48 Å². The zero-order valence-electron chi connectivity index (χ0n) is 12.0. The number of carbonyl (C=O) groups is 1. The number of aliphatic hydroxyl groups is 1. The Morgan fingerprint density at radius 3 is 2.62 bits per heavy atom. The SMILES string of the molecule is Cn1cc([C@@H]2C[C@H]2C(=O)NC(C)(C)C(O)C(F)(F)F)cn1. The lowest BCUT2D eigenvalue weighted by molar-refractivity contribution is -0.223. The fourth-order valence-electron chi connectivity index (χ4n) is 2.37. The van der Waals surface area contributed by atoms with Crippen molar-refractivity contribution in [3.63, 3.8) is 0 Å². The fraction of sp³-hybridized carbons (Fsp3) is 0.692. The average Bonchev–Trinajstić information content (AvgIpc) is 3.03. The molecular weight excluding hydrogens is 287 g/mol. The van der Waals surface area contributed by atoms with Gasteiger partial charge in [-0.2, -0.15) is 18.3 Å². The highest BCUT2D eigenvalue weighted by atomic mass is 19.4. The summed E-state index contributed by atoms with van der Waals surface area (Å²) in [6.07, 6.45) is -3.37. The van der Waals surface area contributed by atoms with Crippen LogP contribution in [0.5, 0.6) is 0 Å². The third kappa shape index (κ3) is 3.37. The zero-order chi connectivity index (χ0) is 16.0. The van der Waals surface area contributed by atoms with E-state index in [1.807, 2.05) is 0 Å². The van der Waals surface area contributed by atoms with Crippen LogP contribution in [0.25, 0.3) is 0 Å². The molecule has 1 fully saturated rings. The number of hydrogen-bond donors (Lipinski definition) is 2. The van der Waals surface area contributed by atoms with E-state index in [0.717, 1.165) is 19.4 Å². The summed E-state index contributed by atoms with van der Waals surface area (Å²) in [6, 6.07) is 0. The first-order valence-electron chi connectivity index (χ1n) is 6.57. The monoisotopic (exact) mass is 305 g/mol. The molecule has 1 aliphatic rings. The quantitative estimate of drug-likeness (QED) is 0.882. The van der Waals surface area contributed by atoms with Gasteiger partial charge < -0.3 is 10.4 Å². The summed E-state index contributed by atoms with van der Waals surface area (Å²) in [5.41, 5.74) is -0.871. The minimum absolute atomic E-state index is 0.0162. The molecule has 0 aromatic carbocycles. The van der Waals surface area contributed by atoms with E-state index < -0.39 is 23.7 Å². The van der Waals surface area contributed by atoms with Crippen LogP contribution in [0.2, 0.25) is 0 Å². The Morgan fingerprint density at radius 2 is 2.14 bits per heavy atom. The van der Waals surface area contributed by atoms with E-state index in [2.05, 4.69) is 10.4 Å². The minimum atomic E-state index is -4.77. The molecule has 1 amide bonds. The largest absolute Gasteiger partial charge is 0.416 e. The molecule has 118 valence electrons.